The van der Waals surface area contributed by atoms with Crippen LogP contribution in [-0.4, -0.2) is 54.1 Å². The molecule has 0 saturated carbocycles. The Labute approximate surface area is 122 Å². The van der Waals surface area contributed by atoms with Crippen molar-refractivity contribution in [1.82, 2.24) is 14.9 Å². The number of rotatable bonds is 6. The second-order valence-corrected chi connectivity index (χ2v) is 5.58. The summed E-state index contributed by atoms with van der Waals surface area (Å²) >= 11 is 0. The first-order chi connectivity index (χ1) is 9.70. The van der Waals surface area contributed by atoms with Gasteiger partial charge < -0.3 is 10.6 Å². The number of aromatic nitrogens is 2. The van der Waals surface area contributed by atoms with Crippen LogP contribution in [0.25, 0.3) is 0 Å². The lowest BCUT2D eigenvalue weighted by molar-refractivity contribution is 0.252. The van der Waals surface area contributed by atoms with E-state index in [9.17, 15) is 0 Å². The molecule has 5 nitrogen and oxygen atoms in total. The maximum absolute atomic E-state index is 5.52. The number of hydrogen-bond donors (Lipinski definition) is 1. The number of nitrogens with two attached hydrogens (primary N) is 1. The minimum atomic E-state index is 0.819. The highest BCUT2D eigenvalue weighted by molar-refractivity contribution is 5.38. The average molecular weight is 277 g/mol. The standard InChI is InChI=1S/C15H27N5/c1-13-14(2)18-15(12-17-13)20-10-8-19(9-11-20)7-5-3-4-6-16/h12H,3-11,16H2,1-2H3. The van der Waals surface area contributed by atoms with Crippen molar-refractivity contribution in [2.24, 2.45) is 5.73 Å². The number of nitrogens with zero attached hydrogens (tertiary/aromatic N) is 4. The lowest BCUT2D eigenvalue weighted by atomic mass is 10.2. The summed E-state index contributed by atoms with van der Waals surface area (Å²) in [6.07, 6.45) is 5.57. The van der Waals surface area contributed by atoms with Crippen LogP contribution < -0.4 is 10.6 Å². The third kappa shape index (κ3) is 4.15. The van der Waals surface area contributed by atoms with Crippen LogP contribution in [0.4, 0.5) is 5.82 Å². The molecule has 1 aromatic heterocycles. The van der Waals surface area contributed by atoms with Gasteiger partial charge in [0.15, 0.2) is 0 Å². The highest BCUT2D eigenvalue weighted by Gasteiger charge is 2.18. The van der Waals surface area contributed by atoms with Crippen LogP contribution in [0.1, 0.15) is 30.7 Å². The fraction of sp³-hybridized carbons (Fsp3) is 0.733. The summed E-state index contributed by atoms with van der Waals surface area (Å²) in [6, 6.07) is 0. The summed E-state index contributed by atoms with van der Waals surface area (Å²) in [4.78, 5) is 13.9. The van der Waals surface area contributed by atoms with Crippen molar-refractivity contribution < 1.29 is 0 Å². The molecule has 0 atom stereocenters. The molecule has 2 rings (SSSR count). The summed E-state index contributed by atoms with van der Waals surface area (Å²) in [5, 5.41) is 0. The van der Waals surface area contributed by atoms with Gasteiger partial charge in [-0.2, -0.15) is 0 Å². The Balaban J connectivity index is 1.77. The first kappa shape index (κ1) is 15.2. The topological polar surface area (TPSA) is 58.3 Å². The number of hydrogen-bond acceptors (Lipinski definition) is 5. The fourth-order valence-electron chi connectivity index (χ4n) is 2.54. The molecule has 1 aromatic rings. The summed E-state index contributed by atoms with van der Waals surface area (Å²) in [5.74, 6) is 1.02. The number of anilines is 1. The molecule has 0 bridgehead atoms. The smallest absolute Gasteiger partial charge is 0.147 e. The molecule has 1 fully saturated rings. The molecule has 1 saturated heterocycles. The van der Waals surface area contributed by atoms with E-state index in [1.807, 2.05) is 20.0 Å². The predicted molar refractivity (Wildman–Crippen MR) is 83.1 cm³/mol. The molecule has 112 valence electrons. The van der Waals surface area contributed by atoms with Gasteiger partial charge in [-0.3, -0.25) is 9.88 Å². The van der Waals surface area contributed by atoms with Gasteiger partial charge in [0.25, 0.3) is 0 Å². The number of aryl methyl sites for hydroxylation is 2. The van der Waals surface area contributed by atoms with Gasteiger partial charge in [-0.25, -0.2) is 4.98 Å². The predicted octanol–water partition coefficient (Wildman–Crippen LogP) is 1.34. The third-order valence-corrected chi connectivity index (χ3v) is 4.05. The zero-order chi connectivity index (χ0) is 14.4. The molecule has 0 aliphatic carbocycles. The summed E-state index contributed by atoms with van der Waals surface area (Å²) < 4.78 is 0. The van der Waals surface area contributed by atoms with Crippen molar-refractivity contribution in [3.63, 3.8) is 0 Å². The van der Waals surface area contributed by atoms with Crippen LogP contribution >= 0.6 is 0 Å². The van der Waals surface area contributed by atoms with Gasteiger partial charge in [-0.15, -0.1) is 0 Å². The molecule has 0 spiro atoms. The highest BCUT2D eigenvalue weighted by Crippen LogP contribution is 2.14. The van der Waals surface area contributed by atoms with E-state index in [4.69, 9.17) is 5.73 Å². The molecule has 0 unspecified atom stereocenters. The maximum atomic E-state index is 5.52. The number of unbranched alkanes of at least 4 members (excludes halogenated alkanes) is 2. The lowest BCUT2D eigenvalue weighted by Crippen LogP contribution is -2.47. The van der Waals surface area contributed by atoms with E-state index in [2.05, 4.69) is 19.8 Å². The largest absolute Gasteiger partial charge is 0.353 e. The van der Waals surface area contributed by atoms with Crippen LogP contribution in [0.5, 0.6) is 0 Å². The maximum Gasteiger partial charge on any atom is 0.147 e. The molecular weight excluding hydrogens is 250 g/mol. The Morgan fingerprint density at radius 3 is 2.45 bits per heavy atom. The molecule has 5 heteroatoms. The van der Waals surface area contributed by atoms with Crippen LogP contribution in [0, 0.1) is 13.8 Å². The summed E-state index contributed by atoms with van der Waals surface area (Å²) in [7, 11) is 0. The van der Waals surface area contributed by atoms with Crippen LogP contribution in [0.2, 0.25) is 0 Å². The minimum Gasteiger partial charge on any atom is -0.353 e. The zero-order valence-corrected chi connectivity index (χ0v) is 12.8. The van der Waals surface area contributed by atoms with Gasteiger partial charge >= 0.3 is 0 Å². The van der Waals surface area contributed by atoms with Gasteiger partial charge in [0.2, 0.25) is 0 Å². The average Bonchev–Trinajstić information content (AvgIpc) is 2.47. The van der Waals surface area contributed by atoms with Gasteiger partial charge in [0.05, 0.1) is 17.6 Å². The van der Waals surface area contributed by atoms with Crippen LogP contribution in [0.15, 0.2) is 6.20 Å². The fourth-order valence-corrected chi connectivity index (χ4v) is 2.54. The van der Waals surface area contributed by atoms with Crippen molar-refractivity contribution in [1.29, 1.82) is 0 Å². The van der Waals surface area contributed by atoms with Crippen molar-refractivity contribution in [2.45, 2.75) is 33.1 Å². The summed E-state index contributed by atoms with van der Waals surface area (Å²) in [5.41, 5.74) is 7.57. The molecule has 0 radical (unpaired) electrons. The van der Waals surface area contributed by atoms with E-state index in [1.54, 1.807) is 0 Å². The molecule has 0 aromatic carbocycles. The molecule has 0 amide bonds. The Hall–Kier alpha value is -1.20. The van der Waals surface area contributed by atoms with Crippen molar-refractivity contribution in [2.75, 3.05) is 44.2 Å². The summed E-state index contributed by atoms with van der Waals surface area (Å²) in [6.45, 7) is 10.4. The van der Waals surface area contributed by atoms with Gasteiger partial charge in [0, 0.05) is 26.2 Å². The Bertz CT molecular complexity index is 413. The Kier molecular flexibility index (Phi) is 5.73. The second kappa shape index (κ2) is 7.55. The van der Waals surface area contributed by atoms with Crippen LogP contribution in [-0.2, 0) is 0 Å². The van der Waals surface area contributed by atoms with Gasteiger partial charge in [-0.05, 0) is 39.8 Å². The van der Waals surface area contributed by atoms with Crippen molar-refractivity contribution >= 4 is 5.82 Å². The van der Waals surface area contributed by atoms with E-state index in [0.717, 1.165) is 56.4 Å². The van der Waals surface area contributed by atoms with Gasteiger partial charge in [-0.1, -0.05) is 6.42 Å². The molecule has 1 aliphatic rings. The first-order valence-electron chi connectivity index (χ1n) is 7.68. The number of piperazine rings is 1. The van der Waals surface area contributed by atoms with E-state index in [-0.39, 0.29) is 0 Å². The normalized spacial score (nSPS) is 16.6. The molecule has 2 heterocycles. The molecular formula is C15H27N5. The molecule has 1 aliphatic heterocycles. The monoisotopic (exact) mass is 277 g/mol. The van der Waals surface area contributed by atoms with E-state index >= 15 is 0 Å². The Morgan fingerprint density at radius 1 is 1.05 bits per heavy atom. The van der Waals surface area contributed by atoms with E-state index in [0.29, 0.717) is 0 Å². The van der Waals surface area contributed by atoms with E-state index < -0.39 is 0 Å². The zero-order valence-electron chi connectivity index (χ0n) is 12.8. The third-order valence-electron chi connectivity index (χ3n) is 4.05. The Morgan fingerprint density at radius 2 is 1.80 bits per heavy atom. The molecule has 20 heavy (non-hydrogen) atoms. The molecule has 2 N–H and O–H groups in total. The quantitative estimate of drug-likeness (QED) is 0.795. The van der Waals surface area contributed by atoms with Crippen molar-refractivity contribution in [3.8, 4) is 0 Å². The first-order valence-corrected chi connectivity index (χ1v) is 7.68. The second-order valence-electron chi connectivity index (χ2n) is 5.58. The highest BCUT2D eigenvalue weighted by atomic mass is 15.3. The van der Waals surface area contributed by atoms with Crippen molar-refractivity contribution in [3.05, 3.63) is 17.6 Å². The lowest BCUT2D eigenvalue weighted by Gasteiger charge is -2.35. The SMILES string of the molecule is Cc1ncc(N2CCN(CCCCCN)CC2)nc1C. The van der Waals surface area contributed by atoms with Gasteiger partial charge in [0.1, 0.15) is 5.82 Å². The van der Waals surface area contributed by atoms with E-state index in [1.165, 1.54) is 19.4 Å². The van der Waals surface area contributed by atoms with Crippen LogP contribution in [0.3, 0.4) is 0 Å². The minimum absolute atomic E-state index is 0.819.